The maximum atomic E-state index is 4.82. The molecule has 0 amide bonds. The predicted octanol–water partition coefficient (Wildman–Crippen LogP) is 4.04. The van der Waals surface area contributed by atoms with Crippen LogP contribution in [0, 0.1) is 0 Å². The molecule has 0 saturated carbocycles. The molecule has 3 aromatic rings. The van der Waals surface area contributed by atoms with Gasteiger partial charge in [0, 0.05) is 23.2 Å². The predicted molar refractivity (Wildman–Crippen MR) is 86.0 cm³/mol. The minimum absolute atomic E-state index is 0.858. The molecule has 0 saturated heterocycles. The van der Waals surface area contributed by atoms with Gasteiger partial charge in [-0.1, -0.05) is 37.3 Å². The van der Waals surface area contributed by atoms with Gasteiger partial charge in [-0.2, -0.15) is 0 Å². The molecule has 3 rings (SSSR count). The Balaban J connectivity index is 2.02. The second-order valence-electron chi connectivity index (χ2n) is 4.30. The van der Waals surface area contributed by atoms with Crippen LogP contribution >= 0.6 is 22.7 Å². The zero-order valence-corrected chi connectivity index (χ0v) is 12.8. The van der Waals surface area contributed by atoms with Crippen molar-refractivity contribution in [3.05, 3.63) is 46.9 Å². The van der Waals surface area contributed by atoms with E-state index in [0.717, 1.165) is 28.7 Å². The molecule has 0 unspecified atom stereocenters. The highest BCUT2D eigenvalue weighted by molar-refractivity contribution is 7.21. The summed E-state index contributed by atoms with van der Waals surface area (Å²) in [5.74, 6) is 0. The summed E-state index contributed by atoms with van der Waals surface area (Å²) < 4.78 is 0. The summed E-state index contributed by atoms with van der Waals surface area (Å²) in [4.78, 5) is 11.4. The Labute approximate surface area is 126 Å². The number of benzene rings is 1. The monoisotopic (exact) mass is 301 g/mol. The second-order valence-corrected chi connectivity index (χ2v) is 6.27. The number of aromatic nitrogens is 2. The normalized spacial score (nSPS) is 10.8. The molecule has 0 fully saturated rings. The highest BCUT2D eigenvalue weighted by atomic mass is 32.1. The van der Waals surface area contributed by atoms with Gasteiger partial charge in [0.25, 0.3) is 0 Å². The summed E-state index contributed by atoms with van der Waals surface area (Å²) in [5.41, 5.74) is 4.11. The van der Waals surface area contributed by atoms with Crippen molar-refractivity contribution in [2.75, 3.05) is 6.54 Å². The van der Waals surface area contributed by atoms with E-state index in [2.05, 4.69) is 41.5 Å². The van der Waals surface area contributed by atoms with Crippen LogP contribution in [0.3, 0.4) is 0 Å². The second kappa shape index (κ2) is 6.26. The van der Waals surface area contributed by atoms with Crippen LogP contribution in [0.2, 0.25) is 0 Å². The molecule has 2 heterocycles. The summed E-state index contributed by atoms with van der Waals surface area (Å²) in [6.45, 7) is 3.94. The summed E-state index contributed by atoms with van der Waals surface area (Å²) >= 11 is 3.38. The lowest BCUT2D eigenvalue weighted by Gasteiger charge is -2.02. The van der Waals surface area contributed by atoms with E-state index in [1.165, 1.54) is 10.4 Å². The number of hydrogen-bond acceptors (Lipinski definition) is 5. The molecule has 2 aromatic heterocycles. The molecule has 1 N–H and O–H groups in total. The van der Waals surface area contributed by atoms with E-state index in [9.17, 15) is 0 Å². The van der Waals surface area contributed by atoms with Crippen LogP contribution in [0.15, 0.2) is 42.0 Å². The Morgan fingerprint density at radius 3 is 2.75 bits per heavy atom. The maximum absolute atomic E-state index is 4.82. The number of rotatable bonds is 5. The molecule has 20 heavy (non-hydrogen) atoms. The van der Waals surface area contributed by atoms with Crippen molar-refractivity contribution in [2.45, 2.75) is 13.5 Å². The van der Waals surface area contributed by atoms with Crippen LogP contribution in [-0.4, -0.2) is 16.5 Å². The number of thiazole rings is 2. The molecule has 1 aromatic carbocycles. The minimum Gasteiger partial charge on any atom is -0.312 e. The van der Waals surface area contributed by atoms with E-state index in [1.54, 1.807) is 22.7 Å². The van der Waals surface area contributed by atoms with Gasteiger partial charge in [-0.3, -0.25) is 4.98 Å². The minimum atomic E-state index is 0.858. The third-order valence-corrected chi connectivity index (χ3v) is 4.92. The Morgan fingerprint density at radius 2 is 2.05 bits per heavy atom. The van der Waals surface area contributed by atoms with Gasteiger partial charge in [0.05, 0.1) is 16.1 Å². The van der Waals surface area contributed by atoms with Gasteiger partial charge < -0.3 is 5.32 Å². The van der Waals surface area contributed by atoms with E-state index < -0.39 is 0 Å². The molecule has 102 valence electrons. The van der Waals surface area contributed by atoms with Crippen molar-refractivity contribution >= 4 is 22.7 Å². The Bertz CT molecular complexity index is 660. The van der Waals surface area contributed by atoms with Gasteiger partial charge in [-0.05, 0) is 6.54 Å². The highest BCUT2D eigenvalue weighted by Gasteiger charge is 2.14. The molecule has 0 atom stereocenters. The van der Waals surface area contributed by atoms with Gasteiger partial charge in [0.15, 0.2) is 0 Å². The topological polar surface area (TPSA) is 37.8 Å². The van der Waals surface area contributed by atoms with E-state index in [1.807, 2.05) is 17.8 Å². The zero-order chi connectivity index (χ0) is 13.8. The maximum Gasteiger partial charge on any atom is 0.136 e. The summed E-state index contributed by atoms with van der Waals surface area (Å²) in [7, 11) is 0. The molecular weight excluding hydrogens is 286 g/mol. The average molecular weight is 301 g/mol. The number of hydrogen-bond donors (Lipinski definition) is 1. The van der Waals surface area contributed by atoms with Crippen molar-refractivity contribution in [3.8, 4) is 21.1 Å². The van der Waals surface area contributed by atoms with Gasteiger partial charge in [0.1, 0.15) is 5.01 Å². The molecule has 0 spiro atoms. The molecule has 5 heteroatoms. The van der Waals surface area contributed by atoms with Gasteiger partial charge in [0.2, 0.25) is 0 Å². The van der Waals surface area contributed by atoms with Crippen molar-refractivity contribution in [3.63, 3.8) is 0 Å². The first-order chi connectivity index (χ1) is 9.88. The van der Waals surface area contributed by atoms with E-state index in [4.69, 9.17) is 4.98 Å². The van der Waals surface area contributed by atoms with Crippen LogP contribution < -0.4 is 5.32 Å². The lowest BCUT2D eigenvalue weighted by molar-refractivity contribution is 0.735. The summed E-state index contributed by atoms with van der Waals surface area (Å²) in [5, 5.41) is 4.45. The molecule has 0 radical (unpaired) electrons. The molecule has 3 nitrogen and oxygen atoms in total. The first kappa shape index (κ1) is 13.4. The third kappa shape index (κ3) is 2.80. The number of nitrogens with one attached hydrogen (secondary N) is 1. The van der Waals surface area contributed by atoms with Gasteiger partial charge in [-0.25, -0.2) is 4.98 Å². The van der Waals surface area contributed by atoms with Crippen molar-refractivity contribution < 1.29 is 0 Å². The Hall–Kier alpha value is -1.56. The van der Waals surface area contributed by atoms with Crippen LogP contribution in [0.5, 0.6) is 0 Å². The van der Waals surface area contributed by atoms with Crippen LogP contribution in [0.4, 0.5) is 0 Å². The van der Waals surface area contributed by atoms with Crippen LogP contribution in [0.1, 0.15) is 11.8 Å². The third-order valence-electron chi connectivity index (χ3n) is 2.92. The van der Waals surface area contributed by atoms with Gasteiger partial charge in [-0.15, -0.1) is 22.7 Å². The van der Waals surface area contributed by atoms with Crippen molar-refractivity contribution in [1.29, 1.82) is 0 Å². The molecule has 0 aliphatic rings. The standard InChI is InChI=1S/C15H15N3S2/c1-2-16-8-12-14(11-6-4-3-5-7-11)18-15(20-12)13-9-17-10-19-13/h3-7,9-10,16H,2,8H2,1H3. The highest BCUT2D eigenvalue weighted by Crippen LogP contribution is 2.35. The van der Waals surface area contributed by atoms with Crippen LogP contribution in [0.25, 0.3) is 21.1 Å². The summed E-state index contributed by atoms with van der Waals surface area (Å²) in [6.07, 6.45) is 1.88. The molecule has 0 bridgehead atoms. The van der Waals surface area contributed by atoms with E-state index in [-0.39, 0.29) is 0 Å². The lowest BCUT2D eigenvalue weighted by atomic mass is 10.1. The zero-order valence-electron chi connectivity index (χ0n) is 11.2. The van der Waals surface area contributed by atoms with E-state index in [0.29, 0.717) is 0 Å². The first-order valence-electron chi connectivity index (χ1n) is 6.53. The smallest absolute Gasteiger partial charge is 0.136 e. The fourth-order valence-corrected chi connectivity index (χ4v) is 3.69. The first-order valence-corrected chi connectivity index (χ1v) is 8.22. The molecular formula is C15H15N3S2. The van der Waals surface area contributed by atoms with E-state index >= 15 is 0 Å². The molecule has 0 aliphatic carbocycles. The van der Waals surface area contributed by atoms with Crippen molar-refractivity contribution in [2.24, 2.45) is 0 Å². The largest absolute Gasteiger partial charge is 0.312 e. The van der Waals surface area contributed by atoms with Crippen molar-refractivity contribution in [1.82, 2.24) is 15.3 Å². The molecule has 0 aliphatic heterocycles. The Morgan fingerprint density at radius 1 is 1.20 bits per heavy atom. The SMILES string of the molecule is CCNCc1sc(-c2cncs2)nc1-c1ccccc1. The van der Waals surface area contributed by atoms with Gasteiger partial charge >= 0.3 is 0 Å². The fraction of sp³-hybridized carbons (Fsp3) is 0.200. The quantitative estimate of drug-likeness (QED) is 0.773. The Kier molecular flexibility index (Phi) is 4.20. The number of nitrogens with zero attached hydrogens (tertiary/aromatic N) is 2. The summed E-state index contributed by atoms with van der Waals surface area (Å²) in [6, 6.07) is 10.4. The average Bonchev–Trinajstić information content (AvgIpc) is 3.15. The fourth-order valence-electron chi connectivity index (χ4n) is 1.96. The van der Waals surface area contributed by atoms with Crippen LogP contribution in [-0.2, 0) is 6.54 Å². The lowest BCUT2D eigenvalue weighted by Crippen LogP contribution is -2.11.